The summed E-state index contributed by atoms with van der Waals surface area (Å²) in [6.45, 7) is 2.55. The molecule has 6 heteroatoms. The molecule has 2 amide bonds. The Morgan fingerprint density at radius 1 is 1.26 bits per heavy atom. The average molecular weight is 328 g/mol. The van der Waals surface area contributed by atoms with Crippen molar-refractivity contribution >= 4 is 33.4 Å². The molecule has 0 bridgehead atoms. The summed E-state index contributed by atoms with van der Waals surface area (Å²) in [5.41, 5.74) is 7.01. The van der Waals surface area contributed by atoms with E-state index in [0.717, 1.165) is 15.7 Å². The third-order valence-electron chi connectivity index (χ3n) is 2.52. The van der Waals surface area contributed by atoms with Crippen LogP contribution in [0, 0.1) is 6.92 Å². The normalized spacial score (nSPS) is 10.1. The minimum absolute atomic E-state index is 0.130. The van der Waals surface area contributed by atoms with Crippen LogP contribution in [0.1, 0.15) is 18.4 Å². The summed E-state index contributed by atoms with van der Waals surface area (Å²) in [6.07, 6.45) is 0.522. The lowest BCUT2D eigenvalue weighted by Crippen LogP contribution is -2.29. The van der Waals surface area contributed by atoms with Gasteiger partial charge in [-0.15, -0.1) is 0 Å². The monoisotopic (exact) mass is 327 g/mol. The molecule has 5 nitrogen and oxygen atoms in total. The molecule has 1 aromatic carbocycles. The Hall–Kier alpha value is -1.40. The lowest BCUT2D eigenvalue weighted by Gasteiger charge is -2.09. The van der Waals surface area contributed by atoms with Gasteiger partial charge >= 0.3 is 0 Å². The first-order valence-electron chi connectivity index (χ1n) is 6.05. The number of amides is 2. The highest BCUT2D eigenvalue weighted by atomic mass is 79.9. The molecule has 0 spiro atoms. The molecular weight excluding hydrogens is 310 g/mol. The predicted molar refractivity (Wildman–Crippen MR) is 78.8 cm³/mol. The van der Waals surface area contributed by atoms with Gasteiger partial charge in [-0.05, 0) is 24.6 Å². The molecule has 104 valence electrons. The molecule has 0 fully saturated rings. The van der Waals surface area contributed by atoms with Gasteiger partial charge in [-0.3, -0.25) is 9.59 Å². The van der Waals surface area contributed by atoms with Gasteiger partial charge in [-0.25, -0.2) is 0 Å². The maximum Gasteiger partial charge on any atom is 0.226 e. The maximum atomic E-state index is 11.7. The minimum Gasteiger partial charge on any atom is -0.356 e. The number of rotatable bonds is 6. The lowest BCUT2D eigenvalue weighted by atomic mass is 10.2. The number of carbonyl (C=O) groups excluding carboxylic acids is 2. The summed E-state index contributed by atoms with van der Waals surface area (Å²) >= 11 is 3.36. The van der Waals surface area contributed by atoms with Crippen molar-refractivity contribution in [2.24, 2.45) is 5.73 Å². The topological polar surface area (TPSA) is 84.2 Å². The van der Waals surface area contributed by atoms with Crippen LogP contribution in [0.15, 0.2) is 22.7 Å². The van der Waals surface area contributed by atoms with Crippen LogP contribution in [-0.4, -0.2) is 24.9 Å². The Balaban J connectivity index is 2.39. The molecule has 0 aliphatic rings. The van der Waals surface area contributed by atoms with E-state index in [1.165, 1.54) is 0 Å². The van der Waals surface area contributed by atoms with E-state index in [1.54, 1.807) is 0 Å². The second-order valence-electron chi connectivity index (χ2n) is 4.15. The van der Waals surface area contributed by atoms with Crippen molar-refractivity contribution in [3.8, 4) is 0 Å². The van der Waals surface area contributed by atoms with Crippen molar-refractivity contribution in [2.75, 3.05) is 18.4 Å². The van der Waals surface area contributed by atoms with Crippen molar-refractivity contribution in [3.05, 3.63) is 28.2 Å². The zero-order chi connectivity index (χ0) is 14.3. The number of hydrogen-bond acceptors (Lipinski definition) is 3. The third kappa shape index (κ3) is 5.85. The lowest BCUT2D eigenvalue weighted by molar-refractivity contribution is -0.121. The first kappa shape index (κ1) is 15.7. The summed E-state index contributed by atoms with van der Waals surface area (Å²) in [5, 5.41) is 5.45. The second kappa shape index (κ2) is 7.91. The van der Waals surface area contributed by atoms with Crippen LogP contribution in [0.5, 0.6) is 0 Å². The molecule has 0 atom stereocenters. The highest BCUT2D eigenvalue weighted by Crippen LogP contribution is 2.20. The van der Waals surface area contributed by atoms with Gasteiger partial charge in [0.25, 0.3) is 0 Å². The highest BCUT2D eigenvalue weighted by molar-refractivity contribution is 9.10. The number of benzene rings is 1. The molecule has 0 heterocycles. The Morgan fingerprint density at radius 3 is 2.68 bits per heavy atom. The van der Waals surface area contributed by atoms with Crippen LogP contribution in [-0.2, 0) is 9.59 Å². The Kier molecular flexibility index (Phi) is 6.52. The van der Waals surface area contributed by atoms with Crippen molar-refractivity contribution in [3.63, 3.8) is 0 Å². The number of nitrogens with one attached hydrogen (secondary N) is 2. The van der Waals surface area contributed by atoms with Crippen LogP contribution >= 0.6 is 15.9 Å². The molecule has 0 aromatic heterocycles. The number of carbonyl (C=O) groups is 2. The smallest absolute Gasteiger partial charge is 0.226 e. The van der Waals surface area contributed by atoms with Gasteiger partial charge < -0.3 is 16.4 Å². The van der Waals surface area contributed by atoms with Crippen LogP contribution in [0.4, 0.5) is 5.69 Å². The fraction of sp³-hybridized carbons (Fsp3) is 0.385. The zero-order valence-corrected chi connectivity index (χ0v) is 12.4. The van der Waals surface area contributed by atoms with E-state index in [-0.39, 0.29) is 24.7 Å². The SMILES string of the molecule is Cc1ccc(Br)cc1NC(=O)CCNC(=O)CCN. The number of hydrogen-bond donors (Lipinski definition) is 3. The number of nitrogens with two attached hydrogens (primary N) is 1. The van der Waals surface area contributed by atoms with E-state index < -0.39 is 0 Å². The summed E-state index contributed by atoms with van der Waals surface area (Å²) in [6, 6.07) is 5.68. The Morgan fingerprint density at radius 2 is 2.00 bits per heavy atom. The fourth-order valence-electron chi connectivity index (χ4n) is 1.48. The summed E-state index contributed by atoms with van der Waals surface area (Å²) < 4.78 is 0.907. The Bertz CT molecular complexity index is 463. The van der Waals surface area contributed by atoms with E-state index in [4.69, 9.17) is 5.73 Å². The molecule has 0 unspecified atom stereocenters. The molecule has 0 saturated heterocycles. The molecule has 0 radical (unpaired) electrons. The average Bonchev–Trinajstić information content (AvgIpc) is 2.34. The van der Waals surface area contributed by atoms with Gasteiger partial charge in [0.05, 0.1) is 0 Å². The van der Waals surface area contributed by atoms with E-state index >= 15 is 0 Å². The van der Waals surface area contributed by atoms with E-state index in [2.05, 4.69) is 26.6 Å². The number of halogens is 1. The molecule has 1 rings (SSSR count). The van der Waals surface area contributed by atoms with E-state index in [9.17, 15) is 9.59 Å². The molecule has 0 saturated carbocycles. The van der Waals surface area contributed by atoms with Gasteiger partial charge in [-0.1, -0.05) is 22.0 Å². The van der Waals surface area contributed by atoms with Crippen LogP contribution in [0.3, 0.4) is 0 Å². The summed E-state index contributed by atoms with van der Waals surface area (Å²) in [5.74, 6) is -0.261. The van der Waals surface area contributed by atoms with Crippen molar-refractivity contribution in [1.82, 2.24) is 5.32 Å². The number of anilines is 1. The summed E-state index contributed by atoms with van der Waals surface area (Å²) in [4.78, 5) is 22.9. The molecule has 1 aromatic rings. The van der Waals surface area contributed by atoms with E-state index in [1.807, 2.05) is 25.1 Å². The maximum absolute atomic E-state index is 11.7. The van der Waals surface area contributed by atoms with Crippen molar-refractivity contribution in [1.29, 1.82) is 0 Å². The van der Waals surface area contributed by atoms with Crippen LogP contribution in [0.2, 0.25) is 0 Å². The third-order valence-corrected chi connectivity index (χ3v) is 3.01. The van der Waals surface area contributed by atoms with Gasteiger partial charge in [0, 0.05) is 36.1 Å². The molecule has 0 aliphatic heterocycles. The van der Waals surface area contributed by atoms with Gasteiger partial charge in [0.2, 0.25) is 11.8 Å². The Labute approximate surface area is 121 Å². The van der Waals surface area contributed by atoms with E-state index in [0.29, 0.717) is 13.1 Å². The number of aryl methyl sites for hydroxylation is 1. The molecular formula is C13H18BrN3O2. The second-order valence-corrected chi connectivity index (χ2v) is 5.06. The summed E-state index contributed by atoms with van der Waals surface area (Å²) in [7, 11) is 0. The fourth-order valence-corrected chi connectivity index (χ4v) is 1.84. The minimum atomic E-state index is -0.131. The largest absolute Gasteiger partial charge is 0.356 e. The standard InChI is InChI=1S/C13H18BrN3O2/c1-9-2-3-10(14)8-11(9)17-13(19)5-7-16-12(18)4-6-15/h2-3,8H,4-7,15H2,1H3,(H,16,18)(H,17,19). The quantitative estimate of drug-likeness (QED) is 0.741. The first-order valence-corrected chi connectivity index (χ1v) is 6.85. The van der Waals surface area contributed by atoms with Crippen molar-refractivity contribution in [2.45, 2.75) is 19.8 Å². The highest BCUT2D eigenvalue weighted by Gasteiger charge is 2.06. The van der Waals surface area contributed by atoms with Gasteiger partial charge in [0.15, 0.2) is 0 Å². The first-order chi connectivity index (χ1) is 9.02. The molecule has 19 heavy (non-hydrogen) atoms. The zero-order valence-electron chi connectivity index (χ0n) is 10.8. The van der Waals surface area contributed by atoms with Crippen molar-refractivity contribution < 1.29 is 9.59 Å². The van der Waals surface area contributed by atoms with Crippen LogP contribution < -0.4 is 16.4 Å². The molecule has 4 N–H and O–H groups in total. The van der Waals surface area contributed by atoms with Gasteiger partial charge in [-0.2, -0.15) is 0 Å². The van der Waals surface area contributed by atoms with Gasteiger partial charge in [0.1, 0.15) is 0 Å². The molecule has 0 aliphatic carbocycles. The van der Waals surface area contributed by atoms with Crippen LogP contribution in [0.25, 0.3) is 0 Å². The predicted octanol–water partition coefficient (Wildman–Crippen LogP) is 1.55.